The first-order valence-electron chi connectivity index (χ1n) is 9.04. The van der Waals surface area contributed by atoms with Crippen molar-refractivity contribution >= 4 is 34.8 Å². The van der Waals surface area contributed by atoms with E-state index in [1.165, 1.54) is 11.9 Å². The molecule has 0 bridgehead atoms. The zero-order chi connectivity index (χ0) is 21.1. The molecule has 28 heavy (non-hydrogen) atoms. The Balaban J connectivity index is 2.05. The fourth-order valence-electron chi connectivity index (χ4n) is 2.70. The molecule has 1 heterocycles. The van der Waals surface area contributed by atoms with Crippen LogP contribution in [0, 0.1) is 5.92 Å². The van der Waals surface area contributed by atoms with Gasteiger partial charge in [-0.2, -0.15) is 0 Å². The van der Waals surface area contributed by atoms with E-state index >= 15 is 0 Å². The summed E-state index contributed by atoms with van der Waals surface area (Å²) in [5.74, 6) is -1.50. The van der Waals surface area contributed by atoms with Gasteiger partial charge in [-0.05, 0) is 20.8 Å². The van der Waals surface area contributed by atoms with Crippen molar-refractivity contribution in [3.05, 3.63) is 35.9 Å². The van der Waals surface area contributed by atoms with Crippen molar-refractivity contribution < 1.29 is 23.9 Å². The Bertz CT molecular complexity index is 760. The molecule has 0 radical (unpaired) electrons. The van der Waals surface area contributed by atoms with Crippen LogP contribution in [0.15, 0.2) is 30.3 Å². The molecule has 0 unspecified atom stereocenters. The van der Waals surface area contributed by atoms with Crippen LogP contribution in [0.5, 0.6) is 0 Å². The number of likely N-dealkylation sites (N-methyl/N-ethyl adjacent to an activating group) is 1. The standard InChI is InChI=1S/C20H26N2O5S/c1-13(12-28-18(25)14-9-7-6-8-10-14)16(23)22-15(11-21(5)19(22)26)17(24)27-20(2,3)4/h6-10,13,15H,11-12H2,1-5H3/t13-,15-/m0/s1. The molecule has 8 heteroatoms. The Kier molecular flexibility index (Phi) is 6.87. The maximum absolute atomic E-state index is 12.9. The van der Waals surface area contributed by atoms with Crippen LogP contribution in [-0.4, -0.2) is 63.8 Å². The van der Waals surface area contributed by atoms with Crippen molar-refractivity contribution in [3.8, 4) is 0 Å². The number of hydrogen-bond donors (Lipinski definition) is 0. The number of amides is 3. The normalized spacial score (nSPS) is 18.2. The first kappa shape index (κ1) is 21.9. The van der Waals surface area contributed by atoms with Crippen LogP contribution in [0.4, 0.5) is 4.79 Å². The molecule has 1 aliphatic rings. The van der Waals surface area contributed by atoms with Gasteiger partial charge in [0, 0.05) is 24.3 Å². The lowest BCUT2D eigenvalue weighted by atomic mass is 10.1. The number of rotatable bonds is 5. The minimum atomic E-state index is -0.985. The number of thioether (sulfide) groups is 1. The van der Waals surface area contributed by atoms with Gasteiger partial charge in [0.25, 0.3) is 0 Å². The second kappa shape index (κ2) is 8.77. The lowest BCUT2D eigenvalue weighted by Crippen LogP contribution is -2.48. The zero-order valence-electron chi connectivity index (χ0n) is 16.8. The Labute approximate surface area is 169 Å². The predicted octanol–water partition coefficient (Wildman–Crippen LogP) is 2.80. The molecule has 0 saturated carbocycles. The van der Waals surface area contributed by atoms with Crippen molar-refractivity contribution in [1.82, 2.24) is 9.80 Å². The van der Waals surface area contributed by atoms with Crippen LogP contribution in [0.2, 0.25) is 0 Å². The van der Waals surface area contributed by atoms with E-state index in [0.29, 0.717) is 5.56 Å². The highest BCUT2D eigenvalue weighted by Crippen LogP contribution is 2.23. The van der Waals surface area contributed by atoms with E-state index in [-0.39, 0.29) is 17.4 Å². The molecule has 0 aliphatic carbocycles. The van der Waals surface area contributed by atoms with Crippen LogP contribution >= 0.6 is 11.8 Å². The van der Waals surface area contributed by atoms with E-state index in [1.807, 2.05) is 6.07 Å². The van der Waals surface area contributed by atoms with Gasteiger partial charge < -0.3 is 9.64 Å². The van der Waals surface area contributed by atoms with E-state index in [1.54, 1.807) is 52.0 Å². The molecule has 152 valence electrons. The second-order valence-corrected chi connectivity index (χ2v) is 8.78. The van der Waals surface area contributed by atoms with Gasteiger partial charge in [-0.1, -0.05) is 49.0 Å². The van der Waals surface area contributed by atoms with Gasteiger partial charge >= 0.3 is 12.0 Å². The molecular formula is C20H26N2O5S. The minimum Gasteiger partial charge on any atom is -0.458 e. The quantitative estimate of drug-likeness (QED) is 0.699. The highest BCUT2D eigenvalue weighted by atomic mass is 32.2. The number of benzene rings is 1. The van der Waals surface area contributed by atoms with Crippen LogP contribution in [0.1, 0.15) is 38.1 Å². The summed E-state index contributed by atoms with van der Waals surface area (Å²) in [4.78, 5) is 52.3. The Morgan fingerprint density at radius 2 is 1.82 bits per heavy atom. The van der Waals surface area contributed by atoms with E-state index < -0.39 is 35.5 Å². The van der Waals surface area contributed by atoms with Crippen molar-refractivity contribution in [1.29, 1.82) is 0 Å². The van der Waals surface area contributed by atoms with Crippen molar-refractivity contribution in [2.75, 3.05) is 19.3 Å². The summed E-state index contributed by atoms with van der Waals surface area (Å²) >= 11 is 1.02. The average molecular weight is 407 g/mol. The summed E-state index contributed by atoms with van der Waals surface area (Å²) in [7, 11) is 1.53. The Hall–Kier alpha value is -2.35. The average Bonchev–Trinajstić information content (AvgIpc) is 2.93. The van der Waals surface area contributed by atoms with E-state index in [4.69, 9.17) is 4.74 Å². The van der Waals surface area contributed by atoms with E-state index in [9.17, 15) is 19.2 Å². The smallest absolute Gasteiger partial charge is 0.331 e. The van der Waals surface area contributed by atoms with Crippen LogP contribution in [-0.2, 0) is 14.3 Å². The molecule has 7 nitrogen and oxygen atoms in total. The monoisotopic (exact) mass is 406 g/mol. The third-order valence-electron chi connectivity index (χ3n) is 4.10. The number of carbonyl (C=O) groups is 4. The molecule has 0 aromatic heterocycles. The maximum atomic E-state index is 12.9. The molecule has 1 aliphatic heterocycles. The molecule has 2 atom stereocenters. The largest absolute Gasteiger partial charge is 0.458 e. The number of esters is 1. The molecule has 0 N–H and O–H groups in total. The van der Waals surface area contributed by atoms with Gasteiger partial charge in [0.05, 0.1) is 6.54 Å². The summed E-state index contributed by atoms with van der Waals surface area (Å²) in [5, 5.41) is -0.145. The number of urea groups is 1. The number of imide groups is 1. The van der Waals surface area contributed by atoms with Gasteiger partial charge in [0.15, 0.2) is 6.04 Å². The van der Waals surface area contributed by atoms with Gasteiger partial charge in [0.2, 0.25) is 11.0 Å². The summed E-state index contributed by atoms with van der Waals surface area (Å²) in [5.41, 5.74) is -0.171. The van der Waals surface area contributed by atoms with Gasteiger partial charge in [-0.3, -0.25) is 9.59 Å². The molecule has 1 aromatic rings. The molecule has 2 rings (SSSR count). The molecule has 0 spiro atoms. The summed E-state index contributed by atoms with van der Waals surface area (Å²) in [6.45, 7) is 6.91. The lowest BCUT2D eigenvalue weighted by molar-refractivity contribution is -0.162. The fraction of sp³-hybridized carbons (Fsp3) is 0.500. The number of nitrogens with zero attached hydrogens (tertiary/aromatic N) is 2. The zero-order valence-corrected chi connectivity index (χ0v) is 17.6. The van der Waals surface area contributed by atoms with E-state index in [0.717, 1.165) is 16.7 Å². The van der Waals surface area contributed by atoms with Crippen LogP contribution in [0.3, 0.4) is 0 Å². The lowest BCUT2D eigenvalue weighted by Gasteiger charge is -2.26. The third kappa shape index (κ3) is 5.34. The number of ether oxygens (including phenoxy) is 1. The van der Waals surface area contributed by atoms with Gasteiger partial charge in [0.1, 0.15) is 5.60 Å². The molecular weight excluding hydrogens is 380 g/mol. The summed E-state index contributed by atoms with van der Waals surface area (Å²) in [6, 6.07) is 7.26. The van der Waals surface area contributed by atoms with Gasteiger partial charge in [-0.25, -0.2) is 14.5 Å². The second-order valence-electron chi connectivity index (χ2n) is 7.79. The molecule has 1 saturated heterocycles. The predicted molar refractivity (Wildman–Crippen MR) is 107 cm³/mol. The van der Waals surface area contributed by atoms with E-state index in [2.05, 4.69) is 0 Å². The number of carbonyl (C=O) groups excluding carboxylic acids is 4. The Morgan fingerprint density at radius 3 is 2.39 bits per heavy atom. The van der Waals surface area contributed by atoms with Crippen LogP contribution in [0.25, 0.3) is 0 Å². The highest BCUT2D eigenvalue weighted by Gasteiger charge is 2.46. The number of hydrogen-bond acceptors (Lipinski definition) is 6. The van der Waals surface area contributed by atoms with Crippen molar-refractivity contribution in [3.63, 3.8) is 0 Å². The SMILES string of the molecule is C[C@@H](CSC(=O)c1ccccc1)C(=O)N1C(=O)N(C)C[C@H]1C(=O)OC(C)(C)C. The summed E-state index contributed by atoms with van der Waals surface area (Å²) < 4.78 is 5.36. The highest BCUT2D eigenvalue weighted by molar-refractivity contribution is 8.14. The van der Waals surface area contributed by atoms with Crippen molar-refractivity contribution in [2.45, 2.75) is 39.3 Å². The minimum absolute atomic E-state index is 0.0856. The Morgan fingerprint density at radius 1 is 1.21 bits per heavy atom. The van der Waals surface area contributed by atoms with Gasteiger partial charge in [-0.15, -0.1) is 0 Å². The fourth-order valence-corrected chi connectivity index (χ4v) is 3.55. The summed E-state index contributed by atoms with van der Waals surface area (Å²) in [6.07, 6.45) is 0. The third-order valence-corrected chi connectivity index (χ3v) is 5.27. The first-order chi connectivity index (χ1) is 13.0. The first-order valence-corrected chi connectivity index (χ1v) is 10.0. The van der Waals surface area contributed by atoms with Crippen molar-refractivity contribution in [2.24, 2.45) is 5.92 Å². The topological polar surface area (TPSA) is 84.0 Å². The molecule has 1 fully saturated rings. The maximum Gasteiger partial charge on any atom is 0.331 e. The van der Waals surface area contributed by atoms with Crippen LogP contribution < -0.4 is 0 Å². The molecule has 3 amide bonds. The molecule has 1 aromatic carbocycles.